The molecule has 0 aliphatic carbocycles. The molecule has 0 fully saturated rings. The van der Waals surface area contributed by atoms with Crippen LogP contribution in [0.5, 0.6) is 0 Å². The summed E-state index contributed by atoms with van der Waals surface area (Å²) in [5.41, 5.74) is 0.944. The van der Waals surface area contributed by atoms with E-state index in [9.17, 15) is 9.59 Å². The van der Waals surface area contributed by atoms with Crippen molar-refractivity contribution in [3.8, 4) is 0 Å². The van der Waals surface area contributed by atoms with E-state index in [1.165, 1.54) is 4.90 Å². The molecule has 0 bridgehead atoms. The minimum atomic E-state index is -0.892. The number of hydrogen-bond acceptors (Lipinski definition) is 2. The lowest BCUT2D eigenvalue weighted by molar-refractivity contribution is -0.138. The minimum Gasteiger partial charge on any atom is -0.481 e. The van der Waals surface area contributed by atoms with Crippen LogP contribution >= 0.6 is 0 Å². The molecular formula is C13H17NO3. The molecule has 4 nitrogen and oxygen atoms in total. The Morgan fingerprint density at radius 2 is 1.88 bits per heavy atom. The lowest BCUT2D eigenvalue weighted by Gasteiger charge is -2.20. The maximum absolute atomic E-state index is 12.0. The molecule has 0 heterocycles. The van der Waals surface area contributed by atoms with Crippen LogP contribution in [-0.4, -0.2) is 35.5 Å². The maximum atomic E-state index is 12.0. The molecule has 1 unspecified atom stereocenters. The van der Waals surface area contributed by atoms with Crippen LogP contribution in [0.1, 0.15) is 24.8 Å². The van der Waals surface area contributed by atoms with Crippen molar-refractivity contribution in [1.82, 2.24) is 4.90 Å². The Balaban J connectivity index is 2.60. The van der Waals surface area contributed by atoms with Gasteiger partial charge in [0.25, 0.3) is 0 Å². The van der Waals surface area contributed by atoms with Crippen molar-refractivity contribution in [1.29, 1.82) is 0 Å². The SMILES string of the molecule is CC(C(=O)N(C)CCC(=O)O)c1ccccc1. The Morgan fingerprint density at radius 3 is 2.41 bits per heavy atom. The van der Waals surface area contributed by atoms with Crippen LogP contribution in [0.15, 0.2) is 30.3 Å². The van der Waals surface area contributed by atoms with E-state index in [1.807, 2.05) is 37.3 Å². The number of aliphatic carboxylic acids is 1. The Labute approximate surface area is 101 Å². The summed E-state index contributed by atoms with van der Waals surface area (Å²) in [6.45, 7) is 2.07. The molecule has 1 aromatic rings. The first-order valence-electron chi connectivity index (χ1n) is 5.54. The van der Waals surface area contributed by atoms with Crippen molar-refractivity contribution in [2.24, 2.45) is 0 Å². The molecule has 92 valence electrons. The normalized spacial score (nSPS) is 11.9. The van der Waals surface area contributed by atoms with Crippen LogP contribution in [0.3, 0.4) is 0 Å². The van der Waals surface area contributed by atoms with E-state index >= 15 is 0 Å². The molecule has 0 aliphatic rings. The highest BCUT2D eigenvalue weighted by atomic mass is 16.4. The zero-order valence-corrected chi connectivity index (χ0v) is 10.1. The highest BCUT2D eigenvalue weighted by Gasteiger charge is 2.19. The number of nitrogens with zero attached hydrogens (tertiary/aromatic N) is 1. The Kier molecular flexibility index (Phi) is 4.69. The smallest absolute Gasteiger partial charge is 0.305 e. The van der Waals surface area contributed by atoms with Crippen LogP contribution in [0.4, 0.5) is 0 Å². The Morgan fingerprint density at radius 1 is 1.29 bits per heavy atom. The first kappa shape index (κ1) is 13.2. The van der Waals surface area contributed by atoms with Crippen molar-refractivity contribution >= 4 is 11.9 Å². The number of carboxylic acid groups (broad SMARTS) is 1. The number of amides is 1. The number of benzene rings is 1. The standard InChI is InChI=1S/C13H17NO3/c1-10(11-6-4-3-5-7-11)13(17)14(2)9-8-12(15)16/h3-7,10H,8-9H2,1-2H3,(H,15,16). The molecule has 0 aromatic heterocycles. The van der Waals surface area contributed by atoms with Gasteiger partial charge in [0.1, 0.15) is 0 Å². The molecule has 4 heteroatoms. The van der Waals surface area contributed by atoms with E-state index in [2.05, 4.69) is 0 Å². The number of hydrogen-bond donors (Lipinski definition) is 1. The molecule has 0 spiro atoms. The summed E-state index contributed by atoms with van der Waals surface area (Å²) < 4.78 is 0. The number of carbonyl (C=O) groups excluding carboxylic acids is 1. The lowest BCUT2D eigenvalue weighted by atomic mass is 10.00. The van der Waals surface area contributed by atoms with Crippen molar-refractivity contribution in [3.05, 3.63) is 35.9 Å². The summed E-state index contributed by atoms with van der Waals surface area (Å²) in [7, 11) is 1.63. The van der Waals surface area contributed by atoms with Gasteiger partial charge >= 0.3 is 5.97 Å². The van der Waals surface area contributed by atoms with Gasteiger partial charge in [0.15, 0.2) is 0 Å². The third kappa shape index (κ3) is 3.90. The van der Waals surface area contributed by atoms with Crippen LogP contribution in [0.25, 0.3) is 0 Å². The quantitative estimate of drug-likeness (QED) is 0.845. The monoisotopic (exact) mass is 235 g/mol. The van der Waals surface area contributed by atoms with Crippen molar-refractivity contribution in [3.63, 3.8) is 0 Å². The van der Waals surface area contributed by atoms with Crippen molar-refractivity contribution in [2.45, 2.75) is 19.3 Å². The fourth-order valence-corrected chi connectivity index (χ4v) is 1.59. The molecule has 0 aliphatic heterocycles. The van der Waals surface area contributed by atoms with Gasteiger partial charge in [-0.25, -0.2) is 0 Å². The van der Waals surface area contributed by atoms with Crippen molar-refractivity contribution in [2.75, 3.05) is 13.6 Å². The highest BCUT2D eigenvalue weighted by molar-refractivity contribution is 5.83. The molecule has 0 saturated carbocycles. The summed E-state index contributed by atoms with van der Waals surface area (Å²) >= 11 is 0. The molecule has 17 heavy (non-hydrogen) atoms. The zero-order chi connectivity index (χ0) is 12.8. The zero-order valence-electron chi connectivity index (χ0n) is 10.1. The highest BCUT2D eigenvalue weighted by Crippen LogP contribution is 2.16. The topological polar surface area (TPSA) is 57.6 Å². The number of rotatable bonds is 5. The Hall–Kier alpha value is -1.84. The van der Waals surface area contributed by atoms with Crippen LogP contribution in [0, 0.1) is 0 Å². The summed E-state index contributed by atoms with van der Waals surface area (Å²) in [5.74, 6) is -1.19. The van der Waals surface area contributed by atoms with E-state index in [0.717, 1.165) is 5.56 Å². The van der Waals surface area contributed by atoms with Crippen LogP contribution < -0.4 is 0 Å². The molecular weight excluding hydrogens is 218 g/mol. The Bertz CT molecular complexity index is 389. The largest absolute Gasteiger partial charge is 0.481 e. The van der Waals surface area contributed by atoms with E-state index in [0.29, 0.717) is 0 Å². The van der Waals surface area contributed by atoms with E-state index in [4.69, 9.17) is 5.11 Å². The van der Waals surface area contributed by atoms with Gasteiger partial charge in [-0.2, -0.15) is 0 Å². The number of carbonyl (C=O) groups is 2. The van der Waals surface area contributed by atoms with Gasteiger partial charge in [0.05, 0.1) is 12.3 Å². The summed E-state index contributed by atoms with van der Waals surface area (Å²) in [4.78, 5) is 23.9. The first-order chi connectivity index (χ1) is 8.02. The summed E-state index contributed by atoms with van der Waals surface area (Å²) in [6, 6.07) is 9.46. The molecule has 1 aromatic carbocycles. The molecule has 0 saturated heterocycles. The van der Waals surface area contributed by atoms with Crippen LogP contribution in [-0.2, 0) is 9.59 Å². The van der Waals surface area contributed by atoms with Gasteiger partial charge in [0.2, 0.25) is 5.91 Å². The summed E-state index contributed by atoms with van der Waals surface area (Å²) in [6.07, 6.45) is -0.0241. The van der Waals surface area contributed by atoms with Crippen LogP contribution in [0.2, 0.25) is 0 Å². The van der Waals surface area contributed by atoms with Gasteiger partial charge in [-0.3, -0.25) is 9.59 Å². The number of carboxylic acids is 1. The van der Waals surface area contributed by atoms with Gasteiger partial charge in [0, 0.05) is 13.6 Å². The van der Waals surface area contributed by atoms with Gasteiger partial charge in [-0.15, -0.1) is 0 Å². The second kappa shape index (κ2) is 6.03. The first-order valence-corrected chi connectivity index (χ1v) is 5.54. The van der Waals surface area contributed by atoms with E-state index < -0.39 is 5.97 Å². The second-order valence-electron chi connectivity index (χ2n) is 4.04. The molecule has 1 atom stereocenters. The second-order valence-corrected chi connectivity index (χ2v) is 4.04. The summed E-state index contributed by atoms with van der Waals surface area (Å²) in [5, 5.41) is 8.56. The third-order valence-corrected chi connectivity index (χ3v) is 2.71. The lowest BCUT2D eigenvalue weighted by Crippen LogP contribution is -2.32. The van der Waals surface area contributed by atoms with Gasteiger partial charge in [-0.1, -0.05) is 30.3 Å². The predicted octanol–water partition coefficient (Wildman–Crippen LogP) is 1.72. The molecule has 1 amide bonds. The molecule has 1 N–H and O–H groups in total. The minimum absolute atomic E-state index is 0.0241. The number of likely N-dealkylation sites (N-methyl/N-ethyl adjacent to an activating group) is 1. The van der Waals surface area contributed by atoms with E-state index in [1.54, 1.807) is 7.05 Å². The van der Waals surface area contributed by atoms with Gasteiger partial charge < -0.3 is 10.0 Å². The fraction of sp³-hybridized carbons (Fsp3) is 0.385. The fourth-order valence-electron chi connectivity index (χ4n) is 1.59. The molecule has 0 radical (unpaired) electrons. The average Bonchev–Trinajstić information content (AvgIpc) is 2.35. The molecule has 1 rings (SSSR count). The predicted molar refractivity (Wildman–Crippen MR) is 64.7 cm³/mol. The van der Waals surface area contributed by atoms with Gasteiger partial charge in [-0.05, 0) is 12.5 Å². The maximum Gasteiger partial charge on any atom is 0.305 e. The average molecular weight is 235 g/mol. The van der Waals surface area contributed by atoms with Crippen molar-refractivity contribution < 1.29 is 14.7 Å². The van der Waals surface area contributed by atoms with E-state index in [-0.39, 0.29) is 24.8 Å². The third-order valence-electron chi connectivity index (χ3n) is 2.71.